The lowest BCUT2D eigenvalue weighted by Crippen LogP contribution is -2.48. The molecule has 3 aromatic heterocycles. The van der Waals surface area contributed by atoms with E-state index in [0.29, 0.717) is 63.4 Å². The number of rotatable bonds is 12. The van der Waals surface area contributed by atoms with Crippen LogP contribution in [0.25, 0.3) is 22.4 Å². The number of nitrogens with one attached hydrogen (secondary N) is 1. The van der Waals surface area contributed by atoms with E-state index in [9.17, 15) is 13.2 Å². The van der Waals surface area contributed by atoms with Crippen LogP contribution in [0.15, 0.2) is 22.0 Å². The van der Waals surface area contributed by atoms with Crippen LogP contribution in [-0.2, 0) is 27.7 Å². The Morgan fingerprint density at radius 1 is 1.08 bits per heavy atom. The summed E-state index contributed by atoms with van der Waals surface area (Å²) < 4.78 is 41.1. The van der Waals surface area contributed by atoms with E-state index in [4.69, 9.17) is 14.5 Å². The van der Waals surface area contributed by atoms with Gasteiger partial charge in [-0.15, -0.1) is 0 Å². The monoisotopic (exact) mass is 547 g/mol. The van der Waals surface area contributed by atoms with Gasteiger partial charge in [0.1, 0.15) is 16.2 Å². The molecule has 1 aliphatic rings. The summed E-state index contributed by atoms with van der Waals surface area (Å²) in [6, 6.07) is 1.49. The minimum absolute atomic E-state index is 0.0354. The summed E-state index contributed by atoms with van der Waals surface area (Å²) in [5, 5.41) is 4.52. The Morgan fingerprint density at radius 2 is 1.84 bits per heavy atom. The summed E-state index contributed by atoms with van der Waals surface area (Å²) in [7, 11) is -2.12. The van der Waals surface area contributed by atoms with Crippen molar-refractivity contribution < 1.29 is 17.9 Å². The number of nitrogens with zero attached hydrogens (tertiary/aromatic N) is 6. The molecule has 0 unspecified atom stereocenters. The Labute approximate surface area is 223 Å². The SMILES string of the molecule is CCOc1ncc(S(=O)(=O)N2CCN(CC)CC2)cc1-c1nc2c(CC)n(CCCCOC)nc2c(=O)[nH]1. The largest absolute Gasteiger partial charge is 0.477 e. The van der Waals surface area contributed by atoms with E-state index in [-0.39, 0.29) is 22.1 Å². The van der Waals surface area contributed by atoms with Crippen LogP contribution >= 0.6 is 0 Å². The maximum atomic E-state index is 13.5. The van der Waals surface area contributed by atoms with Gasteiger partial charge in [-0.05, 0) is 38.8 Å². The zero-order valence-corrected chi connectivity index (χ0v) is 23.4. The summed E-state index contributed by atoms with van der Waals surface area (Å²) in [6.45, 7) is 10.5. The van der Waals surface area contributed by atoms with Gasteiger partial charge in [0, 0.05) is 46.4 Å². The summed E-state index contributed by atoms with van der Waals surface area (Å²) >= 11 is 0. The molecule has 0 bridgehead atoms. The minimum atomic E-state index is -3.79. The van der Waals surface area contributed by atoms with Crippen molar-refractivity contribution in [1.82, 2.24) is 33.9 Å². The molecule has 1 N–H and O–H groups in total. The van der Waals surface area contributed by atoms with Crippen molar-refractivity contribution in [2.75, 3.05) is 53.0 Å². The zero-order valence-electron chi connectivity index (χ0n) is 22.6. The van der Waals surface area contributed by atoms with E-state index in [0.717, 1.165) is 25.1 Å². The van der Waals surface area contributed by atoms with E-state index >= 15 is 0 Å². The van der Waals surface area contributed by atoms with Crippen molar-refractivity contribution in [2.45, 2.75) is 51.5 Å². The number of aryl methyl sites for hydroxylation is 2. The molecule has 0 aromatic carbocycles. The number of aromatic amines is 1. The number of hydrogen-bond donors (Lipinski definition) is 1. The van der Waals surface area contributed by atoms with Crippen LogP contribution in [0.5, 0.6) is 5.88 Å². The molecule has 1 aliphatic heterocycles. The van der Waals surface area contributed by atoms with Gasteiger partial charge in [0.2, 0.25) is 15.9 Å². The molecule has 0 spiro atoms. The van der Waals surface area contributed by atoms with Gasteiger partial charge < -0.3 is 19.4 Å². The Bertz CT molecular complexity index is 1410. The Morgan fingerprint density at radius 3 is 2.50 bits per heavy atom. The normalized spacial score (nSPS) is 15.4. The van der Waals surface area contributed by atoms with E-state index in [1.165, 1.54) is 16.6 Å². The average Bonchev–Trinajstić information content (AvgIpc) is 3.29. The molecule has 0 saturated carbocycles. The molecule has 0 aliphatic carbocycles. The standard InChI is InChI=1S/C25H37N7O5S/c1-5-20-21-22(29-32(20)10-8-9-15-36-4)24(33)28-23(27-21)19-16-18(17-26-25(19)37-7-3)38(34,35)31-13-11-30(6-2)12-14-31/h16-17H,5-15H2,1-4H3,(H,27,28,33). The maximum absolute atomic E-state index is 13.5. The molecule has 12 nitrogen and oxygen atoms in total. The van der Waals surface area contributed by atoms with Crippen LogP contribution in [-0.4, -0.2) is 95.4 Å². The summed E-state index contributed by atoms with van der Waals surface area (Å²) in [5.41, 5.74) is 1.49. The van der Waals surface area contributed by atoms with E-state index in [1.807, 2.05) is 18.5 Å². The molecular weight excluding hydrogens is 510 g/mol. The molecule has 208 valence electrons. The Kier molecular flexibility index (Phi) is 9.13. The third-order valence-corrected chi connectivity index (χ3v) is 8.65. The molecule has 1 saturated heterocycles. The van der Waals surface area contributed by atoms with Gasteiger partial charge in [-0.1, -0.05) is 13.8 Å². The van der Waals surface area contributed by atoms with Gasteiger partial charge in [-0.3, -0.25) is 9.48 Å². The summed E-state index contributed by atoms with van der Waals surface area (Å²) in [4.78, 5) is 27.2. The fourth-order valence-electron chi connectivity index (χ4n) is 4.67. The number of H-pyrrole nitrogens is 1. The number of unbranched alkanes of at least 4 members (excludes halogenated alkanes) is 1. The van der Waals surface area contributed by atoms with E-state index in [2.05, 4.69) is 26.9 Å². The second kappa shape index (κ2) is 12.3. The van der Waals surface area contributed by atoms with Crippen LogP contribution < -0.4 is 10.3 Å². The molecule has 4 heterocycles. The third-order valence-electron chi connectivity index (χ3n) is 6.78. The molecule has 0 atom stereocenters. The van der Waals surface area contributed by atoms with Crippen LogP contribution in [0.3, 0.4) is 0 Å². The van der Waals surface area contributed by atoms with Gasteiger partial charge in [0.25, 0.3) is 5.56 Å². The molecule has 0 amide bonds. The molecule has 13 heteroatoms. The molecule has 3 aromatic rings. The predicted molar refractivity (Wildman–Crippen MR) is 144 cm³/mol. The van der Waals surface area contributed by atoms with Crippen molar-refractivity contribution in [3.63, 3.8) is 0 Å². The first kappa shape index (κ1) is 28.1. The van der Waals surface area contributed by atoms with Crippen molar-refractivity contribution in [3.8, 4) is 17.3 Å². The summed E-state index contributed by atoms with van der Waals surface area (Å²) in [5.74, 6) is 0.398. The van der Waals surface area contributed by atoms with Crippen LogP contribution in [0.1, 0.15) is 39.3 Å². The molecule has 38 heavy (non-hydrogen) atoms. The van der Waals surface area contributed by atoms with Crippen LogP contribution in [0.4, 0.5) is 0 Å². The number of fused-ring (bicyclic) bond motifs is 1. The lowest BCUT2D eigenvalue weighted by molar-refractivity contribution is 0.191. The lowest BCUT2D eigenvalue weighted by Gasteiger charge is -2.33. The summed E-state index contributed by atoms with van der Waals surface area (Å²) in [6.07, 6.45) is 3.67. The van der Waals surface area contributed by atoms with Crippen molar-refractivity contribution in [2.24, 2.45) is 0 Å². The molecular formula is C25H37N7O5S. The van der Waals surface area contributed by atoms with Gasteiger partial charge in [0.05, 0.1) is 24.1 Å². The zero-order chi connectivity index (χ0) is 27.3. The third kappa shape index (κ3) is 5.75. The number of ether oxygens (including phenoxy) is 2. The molecule has 4 rings (SSSR count). The predicted octanol–water partition coefficient (Wildman–Crippen LogP) is 1.90. The van der Waals surface area contributed by atoms with Gasteiger partial charge in [-0.2, -0.15) is 9.40 Å². The number of sulfonamides is 1. The Hall–Kier alpha value is -2.87. The molecule has 1 fully saturated rings. The second-order valence-corrected chi connectivity index (χ2v) is 11.1. The highest BCUT2D eigenvalue weighted by Crippen LogP contribution is 2.30. The van der Waals surface area contributed by atoms with E-state index in [1.54, 1.807) is 7.11 Å². The topological polar surface area (TPSA) is 136 Å². The second-order valence-electron chi connectivity index (χ2n) is 9.13. The fourth-order valence-corrected chi connectivity index (χ4v) is 6.06. The first-order valence-electron chi connectivity index (χ1n) is 13.2. The number of methoxy groups -OCH3 is 1. The highest BCUT2D eigenvalue weighted by Gasteiger charge is 2.30. The maximum Gasteiger partial charge on any atom is 0.279 e. The number of likely N-dealkylation sites (N-methyl/N-ethyl adjacent to an activating group) is 1. The first-order chi connectivity index (χ1) is 18.3. The lowest BCUT2D eigenvalue weighted by atomic mass is 10.2. The quantitative estimate of drug-likeness (QED) is 0.337. The van der Waals surface area contributed by atoms with Gasteiger partial charge in [-0.25, -0.2) is 18.4 Å². The Balaban J connectivity index is 1.75. The molecule has 0 radical (unpaired) electrons. The number of hydrogen-bond acceptors (Lipinski definition) is 9. The smallest absolute Gasteiger partial charge is 0.279 e. The van der Waals surface area contributed by atoms with Crippen molar-refractivity contribution >= 4 is 21.1 Å². The minimum Gasteiger partial charge on any atom is -0.477 e. The van der Waals surface area contributed by atoms with Crippen molar-refractivity contribution in [3.05, 3.63) is 28.3 Å². The average molecular weight is 548 g/mol. The first-order valence-corrected chi connectivity index (χ1v) is 14.6. The van der Waals surface area contributed by atoms with Crippen LogP contribution in [0.2, 0.25) is 0 Å². The van der Waals surface area contributed by atoms with Gasteiger partial charge in [0.15, 0.2) is 5.52 Å². The highest BCUT2D eigenvalue weighted by molar-refractivity contribution is 7.89. The fraction of sp³-hybridized carbons (Fsp3) is 0.600. The number of aromatic nitrogens is 5. The number of piperazine rings is 1. The number of pyridine rings is 1. The highest BCUT2D eigenvalue weighted by atomic mass is 32.2. The van der Waals surface area contributed by atoms with Gasteiger partial charge >= 0.3 is 0 Å². The van der Waals surface area contributed by atoms with Crippen LogP contribution in [0, 0.1) is 0 Å². The van der Waals surface area contributed by atoms with Crippen molar-refractivity contribution in [1.29, 1.82) is 0 Å². The van der Waals surface area contributed by atoms with E-state index < -0.39 is 15.6 Å².